The molecule has 0 fully saturated rings. The lowest BCUT2D eigenvalue weighted by molar-refractivity contribution is -0.384. The van der Waals surface area contributed by atoms with Crippen LogP contribution in [0.1, 0.15) is 51.7 Å². The van der Waals surface area contributed by atoms with E-state index >= 15 is 0 Å². The van der Waals surface area contributed by atoms with Crippen LogP contribution in [0, 0.1) is 10.1 Å². The summed E-state index contributed by atoms with van der Waals surface area (Å²) in [5.41, 5.74) is -2.83. The van der Waals surface area contributed by atoms with Crippen LogP contribution in [0.5, 0.6) is 5.75 Å². The highest BCUT2D eigenvalue weighted by atomic mass is 19.4. The Morgan fingerprint density at radius 1 is 1.07 bits per heavy atom. The Morgan fingerprint density at radius 3 is 2.30 bits per heavy atom. The topological polar surface area (TPSA) is 149 Å². The van der Waals surface area contributed by atoms with E-state index in [4.69, 9.17) is 14.2 Å². The molecule has 250 valence electrons. The highest BCUT2D eigenvalue weighted by molar-refractivity contribution is 6.00. The van der Waals surface area contributed by atoms with Crippen LogP contribution in [0.25, 0.3) is 0 Å². The standard InChI is InChI=1S/C32H38F3N3O8/c1-6-44-30(41)27-26(21-8-7-9-22(16-21)38(42)43)25(19(2)37-28(27)32(33,34)35)29(40)45-15-14-20-10-12-24(13-11-20)46-18-23(39)17-36-31(3,4)5/h7-13,16,23,26,36-37,39H,6,14-15,17-18H2,1-5H3. The molecule has 0 saturated heterocycles. The zero-order valence-electron chi connectivity index (χ0n) is 26.2. The molecule has 0 aliphatic carbocycles. The fourth-order valence-corrected chi connectivity index (χ4v) is 4.67. The zero-order valence-corrected chi connectivity index (χ0v) is 26.2. The third-order valence-corrected chi connectivity index (χ3v) is 6.83. The van der Waals surface area contributed by atoms with E-state index < -0.39 is 52.0 Å². The second-order valence-corrected chi connectivity index (χ2v) is 11.6. The molecule has 0 aromatic heterocycles. The molecule has 11 nitrogen and oxygen atoms in total. The number of carbonyl (C=O) groups excluding carboxylic acids is 2. The number of benzene rings is 2. The van der Waals surface area contributed by atoms with Crippen molar-refractivity contribution in [3.63, 3.8) is 0 Å². The maximum atomic E-state index is 14.2. The van der Waals surface area contributed by atoms with Gasteiger partial charge in [-0.05, 0) is 57.9 Å². The number of rotatable bonds is 13. The van der Waals surface area contributed by atoms with Crippen LogP contribution in [0.3, 0.4) is 0 Å². The van der Waals surface area contributed by atoms with Crippen molar-refractivity contribution >= 4 is 17.6 Å². The Balaban J connectivity index is 1.79. The van der Waals surface area contributed by atoms with Crippen LogP contribution in [-0.4, -0.2) is 66.2 Å². The molecule has 0 spiro atoms. The third-order valence-electron chi connectivity index (χ3n) is 6.83. The SMILES string of the molecule is CCOC(=O)C1=C(C(F)(F)F)NC(C)=C(C(=O)OCCc2ccc(OCC(O)CNC(C)(C)C)cc2)C1c1cccc([N+](=O)[O-])c1. The summed E-state index contributed by atoms with van der Waals surface area (Å²) in [5, 5.41) is 26.9. The van der Waals surface area contributed by atoms with Gasteiger partial charge in [0.2, 0.25) is 0 Å². The average Bonchev–Trinajstić information content (AvgIpc) is 2.98. The van der Waals surface area contributed by atoms with E-state index in [2.05, 4.69) is 10.6 Å². The van der Waals surface area contributed by atoms with Gasteiger partial charge in [-0.3, -0.25) is 10.1 Å². The van der Waals surface area contributed by atoms with Gasteiger partial charge >= 0.3 is 18.1 Å². The van der Waals surface area contributed by atoms with Gasteiger partial charge < -0.3 is 30.0 Å². The van der Waals surface area contributed by atoms with Gasteiger partial charge in [-0.25, -0.2) is 9.59 Å². The first-order valence-electron chi connectivity index (χ1n) is 14.5. The Morgan fingerprint density at radius 2 is 1.72 bits per heavy atom. The molecule has 2 unspecified atom stereocenters. The number of carbonyl (C=O) groups is 2. The molecule has 0 radical (unpaired) electrons. The normalized spacial score (nSPS) is 16.1. The van der Waals surface area contributed by atoms with Crippen molar-refractivity contribution in [1.82, 2.24) is 10.6 Å². The number of nitro benzene ring substituents is 1. The first kappa shape index (κ1) is 36.0. The number of hydrogen-bond acceptors (Lipinski definition) is 10. The maximum Gasteiger partial charge on any atom is 0.431 e. The van der Waals surface area contributed by atoms with Crippen LogP contribution in [0.2, 0.25) is 0 Å². The number of aliphatic hydroxyl groups excluding tert-OH is 1. The number of hydrogen-bond donors (Lipinski definition) is 3. The Bertz CT molecular complexity index is 1480. The summed E-state index contributed by atoms with van der Waals surface area (Å²) < 4.78 is 58.5. The van der Waals surface area contributed by atoms with Crippen molar-refractivity contribution < 1.29 is 47.0 Å². The van der Waals surface area contributed by atoms with E-state index in [0.717, 1.165) is 17.7 Å². The molecule has 0 amide bonds. The van der Waals surface area contributed by atoms with E-state index in [1.54, 1.807) is 24.3 Å². The summed E-state index contributed by atoms with van der Waals surface area (Å²) >= 11 is 0. The predicted molar refractivity (Wildman–Crippen MR) is 162 cm³/mol. The quantitative estimate of drug-likeness (QED) is 0.156. The van der Waals surface area contributed by atoms with Gasteiger partial charge in [0.15, 0.2) is 0 Å². The minimum Gasteiger partial charge on any atom is -0.491 e. The van der Waals surface area contributed by atoms with Crippen molar-refractivity contribution in [2.24, 2.45) is 0 Å². The number of β-amino-alcohol motifs (C(OH)–C–C–N with tert-alkyl or cyclic N) is 1. The fraction of sp³-hybridized carbons (Fsp3) is 0.438. The maximum absolute atomic E-state index is 14.2. The fourth-order valence-electron chi connectivity index (χ4n) is 4.67. The summed E-state index contributed by atoms with van der Waals surface area (Å²) in [4.78, 5) is 37.1. The number of halogens is 3. The minimum atomic E-state index is -5.05. The molecule has 0 bridgehead atoms. The molecular formula is C32H38F3N3O8. The number of nitrogens with zero attached hydrogens (tertiary/aromatic N) is 1. The lowest BCUT2D eigenvalue weighted by atomic mass is 9.80. The molecule has 14 heteroatoms. The highest BCUT2D eigenvalue weighted by Crippen LogP contribution is 2.44. The number of nitro groups is 1. The molecule has 3 rings (SSSR count). The monoisotopic (exact) mass is 649 g/mol. The lowest BCUT2D eigenvalue weighted by Gasteiger charge is -2.32. The number of nitrogens with one attached hydrogen (secondary N) is 2. The van der Waals surface area contributed by atoms with Crippen molar-refractivity contribution in [3.8, 4) is 5.75 Å². The van der Waals surface area contributed by atoms with Gasteiger partial charge in [0.05, 0.1) is 35.2 Å². The summed E-state index contributed by atoms with van der Waals surface area (Å²) in [7, 11) is 0. The molecule has 2 aromatic carbocycles. The first-order chi connectivity index (χ1) is 21.5. The Labute approximate surface area is 264 Å². The van der Waals surface area contributed by atoms with Gasteiger partial charge in [0, 0.05) is 36.3 Å². The number of alkyl halides is 3. The molecule has 2 atom stereocenters. The molecule has 0 saturated carbocycles. The second kappa shape index (κ2) is 15.2. The zero-order chi connectivity index (χ0) is 34.2. The van der Waals surface area contributed by atoms with Crippen molar-refractivity contribution in [1.29, 1.82) is 0 Å². The van der Waals surface area contributed by atoms with E-state index in [1.807, 2.05) is 20.8 Å². The van der Waals surface area contributed by atoms with Crippen LogP contribution < -0.4 is 15.4 Å². The smallest absolute Gasteiger partial charge is 0.431 e. The molecule has 3 N–H and O–H groups in total. The number of non-ortho nitro benzene ring substituents is 1. The molecular weight excluding hydrogens is 611 g/mol. The van der Waals surface area contributed by atoms with Crippen LogP contribution >= 0.6 is 0 Å². The summed E-state index contributed by atoms with van der Waals surface area (Å²) in [6.07, 6.45) is -5.53. The van der Waals surface area contributed by atoms with Gasteiger partial charge in [-0.15, -0.1) is 0 Å². The number of aliphatic hydroxyl groups is 1. The summed E-state index contributed by atoms with van der Waals surface area (Å²) in [6, 6.07) is 11.5. The number of allylic oxidation sites excluding steroid dienone is 2. The van der Waals surface area contributed by atoms with E-state index in [-0.39, 0.29) is 48.6 Å². The molecule has 1 aliphatic rings. The van der Waals surface area contributed by atoms with Gasteiger partial charge in [-0.1, -0.05) is 24.3 Å². The molecule has 1 heterocycles. The Hall–Kier alpha value is -4.43. The van der Waals surface area contributed by atoms with Gasteiger partial charge in [-0.2, -0.15) is 13.2 Å². The Kier molecular flexibility index (Phi) is 11.9. The second-order valence-electron chi connectivity index (χ2n) is 11.6. The average molecular weight is 650 g/mol. The minimum absolute atomic E-state index is 0.0760. The van der Waals surface area contributed by atoms with Gasteiger partial charge in [0.1, 0.15) is 24.2 Å². The van der Waals surface area contributed by atoms with Gasteiger partial charge in [0.25, 0.3) is 5.69 Å². The largest absolute Gasteiger partial charge is 0.491 e. The van der Waals surface area contributed by atoms with Crippen LogP contribution in [0.4, 0.5) is 18.9 Å². The number of ether oxygens (including phenoxy) is 3. The molecule has 1 aliphatic heterocycles. The number of dihydropyridines is 1. The van der Waals surface area contributed by atoms with Crippen molar-refractivity contribution in [2.45, 2.75) is 64.8 Å². The first-order valence-corrected chi connectivity index (χ1v) is 14.5. The van der Waals surface area contributed by atoms with Crippen LogP contribution in [-0.2, 0) is 25.5 Å². The van der Waals surface area contributed by atoms with Crippen molar-refractivity contribution in [3.05, 3.63) is 92.3 Å². The van der Waals surface area contributed by atoms with E-state index in [9.17, 15) is 38.0 Å². The lowest BCUT2D eigenvalue weighted by Crippen LogP contribution is -2.42. The predicted octanol–water partition coefficient (Wildman–Crippen LogP) is 4.85. The van der Waals surface area contributed by atoms with Crippen LogP contribution in [0.15, 0.2) is 71.1 Å². The van der Waals surface area contributed by atoms with Crippen molar-refractivity contribution in [2.75, 3.05) is 26.4 Å². The van der Waals surface area contributed by atoms with E-state index in [1.165, 1.54) is 26.0 Å². The number of esters is 2. The summed E-state index contributed by atoms with van der Waals surface area (Å²) in [5.74, 6) is -3.50. The summed E-state index contributed by atoms with van der Waals surface area (Å²) in [6.45, 7) is 8.60. The highest BCUT2D eigenvalue weighted by Gasteiger charge is 2.47. The van der Waals surface area contributed by atoms with E-state index in [0.29, 0.717) is 12.3 Å². The third kappa shape index (κ3) is 9.78. The molecule has 46 heavy (non-hydrogen) atoms. The molecule has 2 aromatic rings.